The second-order valence-electron chi connectivity index (χ2n) is 2.42. The van der Waals surface area contributed by atoms with Crippen LogP contribution in [0.4, 0.5) is 0 Å². The SMILES string of the molecule is NC1=NC2=NN=C(N)[C@H]2C(N)=N1. The average molecular weight is 165 g/mol. The first-order chi connectivity index (χ1) is 5.68. The summed E-state index contributed by atoms with van der Waals surface area (Å²) >= 11 is 0. The molecule has 0 bridgehead atoms. The molecule has 0 aromatic rings. The maximum Gasteiger partial charge on any atom is 0.223 e. The number of guanidine groups is 1. The quantitative estimate of drug-likeness (QED) is 0.383. The molecule has 0 radical (unpaired) electrons. The molecule has 2 rings (SSSR count). The predicted molar refractivity (Wildman–Crippen MR) is 45.8 cm³/mol. The van der Waals surface area contributed by atoms with Crippen molar-refractivity contribution < 1.29 is 0 Å². The van der Waals surface area contributed by atoms with Crippen LogP contribution in [0.5, 0.6) is 0 Å². The Morgan fingerprint density at radius 2 is 1.67 bits per heavy atom. The fourth-order valence-electron chi connectivity index (χ4n) is 1.07. The molecular formula is C5H7N7. The topological polar surface area (TPSA) is 127 Å². The Balaban J connectivity index is 2.45. The molecule has 7 heteroatoms. The van der Waals surface area contributed by atoms with Crippen LogP contribution in [0.25, 0.3) is 0 Å². The molecule has 0 unspecified atom stereocenters. The van der Waals surface area contributed by atoms with E-state index in [9.17, 15) is 0 Å². The average Bonchev–Trinajstić information content (AvgIpc) is 2.31. The summed E-state index contributed by atoms with van der Waals surface area (Å²) in [6.07, 6.45) is 0. The normalized spacial score (nSPS) is 26.8. The summed E-state index contributed by atoms with van der Waals surface area (Å²) in [5.41, 5.74) is 16.4. The molecule has 0 aromatic heterocycles. The van der Waals surface area contributed by atoms with Crippen molar-refractivity contribution in [3.63, 3.8) is 0 Å². The van der Waals surface area contributed by atoms with E-state index in [0.717, 1.165) is 0 Å². The number of nitrogens with two attached hydrogens (primary N) is 3. The summed E-state index contributed by atoms with van der Waals surface area (Å²) < 4.78 is 0. The van der Waals surface area contributed by atoms with Crippen LogP contribution in [0.15, 0.2) is 20.2 Å². The highest BCUT2D eigenvalue weighted by atomic mass is 15.3. The van der Waals surface area contributed by atoms with E-state index < -0.39 is 0 Å². The number of amidine groups is 3. The Bertz CT molecular complexity index is 347. The Labute approximate surface area is 67.8 Å². The molecule has 0 fully saturated rings. The predicted octanol–water partition coefficient (Wildman–Crippen LogP) is -2.03. The molecule has 7 nitrogen and oxygen atoms in total. The zero-order valence-electron chi connectivity index (χ0n) is 6.10. The summed E-state index contributed by atoms with van der Waals surface area (Å²) in [7, 11) is 0. The number of rotatable bonds is 0. The van der Waals surface area contributed by atoms with Crippen molar-refractivity contribution in [1.82, 2.24) is 0 Å². The molecule has 0 saturated heterocycles. The van der Waals surface area contributed by atoms with Crippen LogP contribution in [0.3, 0.4) is 0 Å². The third-order valence-corrected chi connectivity index (χ3v) is 1.59. The van der Waals surface area contributed by atoms with Gasteiger partial charge in [-0.05, 0) is 0 Å². The first-order valence-corrected chi connectivity index (χ1v) is 3.27. The molecule has 0 spiro atoms. The molecule has 6 N–H and O–H groups in total. The Hall–Kier alpha value is -1.92. The van der Waals surface area contributed by atoms with Crippen molar-refractivity contribution in [3.8, 4) is 0 Å². The fourth-order valence-corrected chi connectivity index (χ4v) is 1.07. The number of hydrogen-bond donors (Lipinski definition) is 3. The largest absolute Gasteiger partial charge is 0.386 e. The maximum absolute atomic E-state index is 5.55. The summed E-state index contributed by atoms with van der Waals surface area (Å²) in [6.45, 7) is 0. The molecular weight excluding hydrogens is 158 g/mol. The van der Waals surface area contributed by atoms with Crippen LogP contribution in [0, 0.1) is 5.92 Å². The van der Waals surface area contributed by atoms with Gasteiger partial charge in [0, 0.05) is 0 Å². The van der Waals surface area contributed by atoms with Gasteiger partial charge < -0.3 is 17.2 Å². The first-order valence-electron chi connectivity index (χ1n) is 3.27. The van der Waals surface area contributed by atoms with E-state index in [2.05, 4.69) is 20.2 Å². The van der Waals surface area contributed by atoms with Gasteiger partial charge in [-0.1, -0.05) is 0 Å². The smallest absolute Gasteiger partial charge is 0.223 e. The van der Waals surface area contributed by atoms with E-state index in [1.165, 1.54) is 0 Å². The van der Waals surface area contributed by atoms with Crippen LogP contribution in [-0.4, -0.2) is 23.5 Å². The highest BCUT2D eigenvalue weighted by Gasteiger charge is 2.31. The van der Waals surface area contributed by atoms with Crippen LogP contribution >= 0.6 is 0 Å². The lowest BCUT2D eigenvalue weighted by Gasteiger charge is -2.13. The number of fused-ring (bicyclic) bond motifs is 1. The fraction of sp³-hybridized carbons (Fsp3) is 0.200. The summed E-state index contributed by atoms with van der Waals surface area (Å²) in [5.74, 6) is 0.727. The third-order valence-electron chi connectivity index (χ3n) is 1.59. The molecule has 0 saturated carbocycles. The molecule has 62 valence electrons. The minimum Gasteiger partial charge on any atom is -0.386 e. The molecule has 2 aliphatic rings. The highest BCUT2D eigenvalue weighted by Crippen LogP contribution is 2.13. The second-order valence-corrected chi connectivity index (χ2v) is 2.42. The summed E-state index contributed by atoms with van der Waals surface area (Å²) in [6, 6.07) is 0. The van der Waals surface area contributed by atoms with Crippen LogP contribution in [0.1, 0.15) is 0 Å². The molecule has 1 atom stereocenters. The monoisotopic (exact) mass is 165 g/mol. The summed E-state index contributed by atoms with van der Waals surface area (Å²) in [4.78, 5) is 7.58. The van der Waals surface area contributed by atoms with Gasteiger partial charge in [0.15, 0.2) is 5.84 Å². The van der Waals surface area contributed by atoms with Gasteiger partial charge in [0.25, 0.3) is 0 Å². The lowest BCUT2D eigenvalue weighted by Crippen LogP contribution is -2.42. The molecule has 0 aliphatic carbocycles. The van der Waals surface area contributed by atoms with E-state index in [4.69, 9.17) is 17.2 Å². The molecule has 0 amide bonds. The van der Waals surface area contributed by atoms with Crippen LogP contribution < -0.4 is 17.2 Å². The van der Waals surface area contributed by atoms with E-state index in [-0.39, 0.29) is 11.9 Å². The maximum atomic E-state index is 5.55. The number of aliphatic imine (C=N–C) groups is 2. The van der Waals surface area contributed by atoms with E-state index in [0.29, 0.717) is 17.5 Å². The van der Waals surface area contributed by atoms with Crippen molar-refractivity contribution in [2.45, 2.75) is 0 Å². The van der Waals surface area contributed by atoms with E-state index in [1.54, 1.807) is 0 Å². The van der Waals surface area contributed by atoms with Crippen molar-refractivity contribution in [3.05, 3.63) is 0 Å². The zero-order chi connectivity index (χ0) is 8.72. The highest BCUT2D eigenvalue weighted by molar-refractivity contribution is 6.28. The van der Waals surface area contributed by atoms with Gasteiger partial charge in [0.05, 0.1) is 0 Å². The Kier molecular flexibility index (Phi) is 1.15. The lowest BCUT2D eigenvalue weighted by molar-refractivity contribution is 1.18. The lowest BCUT2D eigenvalue weighted by atomic mass is 10.1. The van der Waals surface area contributed by atoms with Crippen molar-refractivity contribution >= 4 is 23.5 Å². The molecule has 2 aliphatic heterocycles. The summed E-state index contributed by atoms with van der Waals surface area (Å²) in [5, 5.41) is 7.32. The van der Waals surface area contributed by atoms with Crippen LogP contribution in [-0.2, 0) is 0 Å². The van der Waals surface area contributed by atoms with Gasteiger partial charge in [-0.3, -0.25) is 0 Å². The number of nitrogens with zero attached hydrogens (tertiary/aromatic N) is 4. The molecule has 0 aromatic carbocycles. The van der Waals surface area contributed by atoms with Gasteiger partial charge in [0.2, 0.25) is 5.96 Å². The first kappa shape index (κ1) is 6.77. The van der Waals surface area contributed by atoms with E-state index >= 15 is 0 Å². The third kappa shape index (κ3) is 0.760. The van der Waals surface area contributed by atoms with Gasteiger partial charge in [-0.2, -0.15) is 9.98 Å². The van der Waals surface area contributed by atoms with Gasteiger partial charge in [0.1, 0.15) is 17.6 Å². The zero-order valence-corrected chi connectivity index (χ0v) is 6.10. The van der Waals surface area contributed by atoms with Crippen molar-refractivity contribution in [2.24, 2.45) is 43.3 Å². The van der Waals surface area contributed by atoms with Gasteiger partial charge >= 0.3 is 0 Å². The van der Waals surface area contributed by atoms with Crippen molar-refractivity contribution in [1.29, 1.82) is 0 Å². The molecule has 12 heavy (non-hydrogen) atoms. The number of hydrogen-bond acceptors (Lipinski definition) is 7. The molecule has 2 heterocycles. The second kappa shape index (κ2) is 2.03. The Morgan fingerprint density at radius 3 is 2.42 bits per heavy atom. The van der Waals surface area contributed by atoms with E-state index in [1.807, 2.05) is 0 Å². The minimum absolute atomic E-state index is 0.0902. The standard InChI is InChI=1S/C5H7N7/c6-2-1-3(7)11-12-4(1)10-5(8)9-2/h1H,(H2,7,11)(H4,6,8,9,10,12)/t1-/m1/s1. The van der Waals surface area contributed by atoms with Crippen LogP contribution in [0.2, 0.25) is 0 Å². The van der Waals surface area contributed by atoms with Crippen molar-refractivity contribution in [2.75, 3.05) is 0 Å². The van der Waals surface area contributed by atoms with Gasteiger partial charge in [-0.15, -0.1) is 10.2 Å². The Morgan fingerprint density at radius 1 is 0.917 bits per heavy atom. The van der Waals surface area contributed by atoms with Gasteiger partial charge in [-0.25, -0.2) is 0 Å². The minimum atomic E-state index is -0.378.